The Morgan fingerprint density at radius 2 is 1.66 bits per heavy atom. The van der Waals surface area contributed by atoms with Crippen molar-refractivity contribution in [3.05, 3.63) is 89.9 Å². The van der Waals surface area contributed by atoms with Gasteiger partial charge in [-0.05, 0) is 67.8 Å². The summed E-state index contributed by atoms with van der Waals surface area (Å²) in [5.74, 6) is 1.41. The lowest BCUT2D eigenvalue weighted by Crippen LogP contribution is -2.43. The van der Waals surface area contributed by atoms with Crippen molar-refractivity contribution in [1.29, 1.82) is 0 Å². The van der Waals surface area contributed by atoms with E-state index in [0.717, 1.165) is 50.2 Å². The van der Waals surface area contributed by atoms with Crippen LogP contribution in [-0.2, 0) is 4.74 Å². The molecule has 1 aromatic heterocycles. The highest BCUT2D eigenvalue weighted by Crippen LogP contribution is 2.28. The molecule has 0 bridgehead atoms. The van der Waals surface area contributed by atoms with Gasteiger partial charge in [-0.3, -0.25) is 4.79 Å². The summed E-state index contributed by atoms with van der Waals surface area (Å²) in [6.07, 6.45) is 5.01. The third-order valence-corrected chi connectivity index (χ3v) is 7.23. The number of rotatable bonds is 8. The van der Waals surface area contributed by atoms with Crippen LogP contribution in [0.5, 0.6) is 0 Å². The molecular weight excluding hydrogens is 438 g/mol. The van der Waals surface area contributed by atoms with Crippen LogP contribution in [-0.4, -0.2) is 62.8 Å². The summed E-state index contributed by atoms with van der Waals surface area (Å²) < 4.78 is 11.1. The normalized spacial score (nSPS) is 17.9. The molecule has 0 aliphatic carbocycles. The topological polar surface area (TPSA) is 58.0 Å². The fraction of sp³-hybridized carbons (Fsp3) is 0.414. The SMILES string of the molecule is O=C(c1ccc(N2CCC(NCCC(c3ccccc3)c3ccco3)CC2)cc1)N1CCOCC1. The second-order valence-corrected chi connectivity index (χ2v) is 9.43. The standard InChI is InChI=1S/C29H35N3O3/c33-29(32-18-21-34-22-19-32)24-8-10-26(11-9-24)31-16-13-25(14-17-31)30-15-12-27(28-7-4-20-35-28)23-5-2-1-3-6-23/h1-11,20,25,27,30H,12-19,21-22H2. The molecule has 0 spiro atoms. The molecule has 184 valence electrons. The van der Waals surface area contributed by atoms with E-state index < -0.39 is 0 Å². The number of piperidine rings is 1. The third-order valence-electron chi connectivity index (χ3n) is 7.23. The lowest BCUT2D eigenvalue weighted by atomic mass is 9.93. The number of ether oxygens (including phenoxy) is 1. The Morgan fingerprint density at radius 3 is 2.34 bits per heavy atom. The number of carbonyl (C=O) groups excluding carboxylic acids is 1. The van der Waals surface area contributed by atoms with Crippen LogP contribution in [0.25, 0.3) is 0 Å². The molecule has 1 N–H and O–H groups in total. The summed E-state index contributed by atoms with van der Waals surface area (Å²) >= 11 is 0. The van der Waals surface area contributed by atoms with Gasteiger partial charge in [-0.25, -0.2) is 0 Å². The first-order valence-electron chi connectivity index (χ1n) is 12.8. The van der Waals surface area contributed by atoms with Gasteiger partial charge in [0.25, 0.3) is 5.91 Å². The maximum Gasteiger partial charge on any atom is 0.254 e. The molecule has 1 atom stereocenters. The third kappa shape index (κ3) is 5.95. The molecule has 6 nitrogen and oxygen atoms in total. The molecule has 2 aliphatic heterocycles. The predicted octanol–water partition coefficient (Wildman–Crippen LogP) is 4.53. The fourth-order valence-electron chi connectivity index (χ4n) is 5.19. The summed E-state index contributed by atoms with van der Waals surface area (Å²) in [7, 11) is 0. The number of anilines is 1. The van der Waals surface area contributed by atoms with Gasteiger partial charge in [-0.15, -0.1) is 0 Å². The molecule has 1 amide bonds. The van der Waals surface area contributed by atoms with Gasteiger partial charge in [0, 0.05) is 49.4 Å². The Balaban J connectivity index is 1.09. The first-order chi connectivity index (χ1) is 17.3. The minimum atomic E-state index is 0.103. The molecule has 5 rings (SSSR count). The van der Waals surface area contributed by atoms with Crippen molar-refractivity contribution >= 4 is 11.6 Å². The van der Waals surface area contributed by atoms with Gasteiger partial charge < -0.3 is 24.3 Å². The number of nitrogens with one attached hydrogen (secondary N) is 1. The van der Waals surface area contributed by atoms with Crippen LogP contribution in [0.15, 0.2) is 77.4 Å². The van der Waals surface area contributed by atoms with Gasteiger partial charge >= 0.3 is 0 Å². The molecule has 2 aliphatic rings. The predicted molar refractivity (Wildman–Crippen MR) is 138 cm³/mol. The second kappa shape index (κ2) is 11.6. The number of carbonyl (C=O) groups is 1. The first-order valence-corrected chi connectivity index (χ1v) is 12.8. The Labute approximate surface area is 207 Å². The second-order valence-electron chi connectivity index (χ2n) is 9.43. The molecule has 6 heteroatoms. The molecule has 1 unspecified atom stereocenters. The van der Waals surface area contributed by atoms with E-state index >= 15 is 0 Å². The average Bonchev–Trinajstić information content (AvgIpc) is 3.47. The summed E-state index contributed by atoms with van der Waals surface area (Å²) in [6, 6.07) is 23.3. The van der Waals surface area contributed by atoms with Crippen molar-refractivity contribution in [2.45, 2.75) is 31.2 Å². The zero-order chi connectivity index (χ0) is 23.9. The summed E-state index contributed by atoms with van der Waals surface area (Å²) in [5, 5.41) is 3.79. The van der Waals surface area contributed by atoms with Crippen molar-refractivity contribution in [2.75, 3.05) is 50.8 Å². The number of benzene rings is 2. The largest absolute Gasteiger partial charge is 0.469 e. The zero-order valence-electron chi connectivity index (χ0n) is 20.3. The monoisotopic (exact) mass is 473 g/mol. The number of nitrogens with zero attached hydrogens (tertiary/aromatic N) is 2. The summed E-state index contributed by atoms with van der Waals surface area (Å²) in [6.45, 7) is 5.61. The molecule has 2 fully saturated rings. The fourth-order valence-corrected chi connectivity index (χ4v) is 5.19. The van der Waals surface area contributed by atoms with Gasteiger partial charge in [0.05, 0.1) is 19.5 Å². The highest BCUT2D eigenvalue weighted by Gasteiger charge is 2.22. The maximum atomic E-state index is 12.7. The van der Waals surface area contributed by atoms with E-state index in [4.69, 9.17) is 9.15 Å². The van der Waals surface area contributed by atoms with E-state index in [1.54, 1.807) is 6.26 Å². The van der Waals surface area contributed by atoms with E-state index in [-0.39, 0.29) is 11.8 Å². The quantitative estimate of drug-likeness (QED) is 0.521. The maximum absolute atomic E-state index is 12.7. The Bertz CT molecular complexity index is 1040. The van der Waals surface area contributed by atoms with Crippen LogP contribution < -0.4 is 10.2 Å². The number of morpholine rings is 1. The number of furan rings is 1. The van der Waals surface area contributed by atoms with Crippen molar-refractivity contribution in [2.24, 2.45) is 0 Å². The van der Waals surface area contributed by atoms with E-state index in [1.165, 1.54) is 11.3 Å². The van der Waals surface area contributed by atoms with Crippen molar-refractivity contribution in [3.63, 3.8) is 0 Å². The minimum Gasteiger partial charge on any atom is -0.469 e. The Kier molecular flexibility index (Phi) is 7.81. The van der Waals surface area contributed by atoms with Crippen molar-refractivity contribution in [3.8, 4) is 0 Å². The number of hydrogen-bond acceptors (Lipinski definition) is 5. The summed E-state index contributed by atoms with van der Waals surface area (Å²) in [5.41, 5.74) is 3.26. The zero-order valence-corrected chi connectivity index (χ0v) is 20.3. The van der Waals surface area contributed by atoms with Crippen LogP contribution in [0, 0.1) is 0 Å². The lowest BCUT2D eigenvalue weighted by Gasteiger charge is -2.34. The van der Waals surface area contributed by atoms with E-state index in [1.807, 2.05) is 23.1 Å². The van der Waals surface area contributed by atoms with Gasteiger partial charge in [-0.2, -0.15) is 0 Å². The molecule has 3 heterocycles. The van der Waals surface area contributed by atoms with Crippen LogP contribution in [0.2, 0.25) is 0 Å². The molecule has 2 aromatic carbocycles. The number of amides is 1. The van der Waals surface area contributed by atoms with Crippen molar-refractivity contribution in [1.82, 2.24) is 10.2 Å². The van der Waals surface area contributed by atoms with Gasteiger partial charge in [0.15, 0.2) is 0 Å². The smallest absolute Gasteiger partial charge is 0.254 e. The first kappa shape index (κ1) is 23.6. The van der Waals surface area contributed by atoms with E-state index in [9.17, 15) is 4.79 Å². The van der Waals surface area contributed by atoms with Crippen LogP contribution >= 0.6 is 0 Å². The van der Waals surface area contributed by atoms with Gasteiger partial charge in [-0.1, -0.05) is 30.3 Å². The van der Waals surface area contributed by atoms with Gasteiger partial charge in [0.1, 0.15) is 5.76 Å². The average molecular weight is 474 g/mol. The lowest BCUT2D eigenvalue weighted by molar-refractivity contribution is 0.0303. The Morgan fingerprint density at radius 1 is 0.914 bits per heavy atom. The van der Waals surface area contributed by atoms with E-state index in [0.29, 0.717) is 32.3 Å². The molecule has 3 aromatic rings. The summed E-state index contributed by atoms with van der Waals surface area (Å²) in [4.78, 5) is 17.0. The van der Waals surface area contributed by atoms with E-state index in [2.05, 4.69) is 58.7 Å². The van der Waals surface area contributed by atoms with Crippen molar-refractivity contribution < 1.29 is 13.9 Å². The molecule has 0 saturated carbocycles. The minimum absolute atomic E-state index is 0.103. The highest BCUT2D eigenvalue weighted by atomic mass is 16.5. The van der Waals surface area contributed by atoms with Gasteiger partial charge in [0.2, 0.25) is 0 Å². The highest BCUT2D eigenvalue weighted by molar-refractivity contribution is 5.94. The van der Waals surface area contributed by atoms with Crippen LogP contribution in [0.4, 0.5) is 5.69 Å². The molecular formula is C29H35N3O3. The Hall–Kier alpha value is -3.09. The molecule has 0 radical (unpaired) electrons. The number of hydrogen-bond donors (Lipinski definition) is 1. The molecule has 2 saturated heterocycles. The van der Waals surface area contributed by atoms with Crippen LogP contribution in [0.3, 0.4) is 0 Å². The molecule has 35 heavy (non-hydrogen) atoms. The van der Waals surface area contributed by atoms with Crippen LogP contribution in [0.1, 0.15) is 46.9 Å².